The summed E-state index contributed by atoms with van der Waals surface area (Å²) in [5.41, 5.74) is 5.99. The highest BCUT2D eigenvalue weighted by Gasteiger charge is 2.22. The van der Waals surface area contributed by atoms with E-state index in [0.29, 0.717) is 12.3 Å². The van der Waals surface area contributed by atoms with Gasteiger partial charge in [0.25, 0.3) is 0 Å². The van der Waals surface area contributed by atoms with Crippen molar-refractivity contribution < 1.29 is 9.21 Å². The van der Waals surface area contributed by atoms with Gasteiger partial charge in [0.05, 0.1) is 12.8 Å². The Hall–Kier alpha value is -1.13. The van der Waals surface area contributed by atoms with Gasteiger partial charge in [0.2, 0.25) is 5.78 Å². The van der Waals surface area contributed by atoms with E-state index in [2.05, 4.69) is 5.32 Å². The van der Waals surface area contributed by atoms with E-state index in [1.54, 1.807) is 12.1 Å². The van der Waals surface area contributed by atoms with Gasteiger partial charge in [-0.3, -0.25) is 4.79 Å². The highest BCUT2D eigenvalue weighted by atomic mass is 16.3. The Kier molecular flexibility index (Phi) is 3.74. The van der Waals surface area contributed by atoms with Crippen molar-refractivity contribution in [2.45, 2.75) is 37.8 Å². The highest BCUT2D eigenvalue weighted by Crippen LogP contribution is 2.16. The summed E-state index contributed by atoms with van der Waals surface area (Å²) in [7, 11) is 0. The summed E-state index contributed by atoms with van der Waals surface area (Å²) >= 11 is 0. The molecule has 88 valence electrons. The molecule has 1 aromatic heterocycles. The Balaban J connectivity index is 1.80. The van der Waals surface area contributed by atoms with E-state index in [-0.39, 0.29) is 17.9 Å². The Bertz CT molecular complexity index is 335. The van der Waals surface area contributed by atoms with Gasteiger partial charge < -0.3 is 15.5 Å². The molecule has 2 unspecified atom stereocenters. The quantitative estimate of drug-likeness (QED) is 0.754. The van der Waals surface area contributed by atoms with Gasteiger partial charge in [-0.25, -0.2) is 0 Å². The molecular weight excluding hydrogens is 204 g/mol. The van der Waals surface area contributed by atoms with Crippen molar-refractivity contribution in [2.24, 2.45) is 5.73 Å². The zero-order valence-corrected chi connectivity index (χ0v) is 9.32. The van der Waals surface area contributed by atoms with Gasteiger partial charge in [0.15, 0.2) is 5.76 Å². The van der Waals surface area contributed by atoms with Crippen molar-refractivity contribution in [1.82, 2.24) is 5.32 Å². The fourth-order valence-corrected chi connectivity index (χ4v) is 2.16. The molecule has 3 N–H and O–H groups in total. The maximum Gasteiger partial charge on any atom is 0.211 e. The molecule has 0 spiro atoms. The third-order valence-electron chi connectivity index (χ3n) is 3.14. The van der Waals surface area contributed by atoms with Crippen molar-refractivity contribution in [3.63, 3.8) is 0 Å². The van der Waals surface area contributed by atoms with Gasteiger partial charge >= 0.3 is 0 Å². The smallest absolute Gasteiger partial charge is 0.211 e. The molecule has 1 aromatic rings. The Morgan fingerprint density at radius 2 is 2.31 bits per heavy atom. The average molecular weight is 222 g/mol. The molecule has 0 saturated heterocycles. The van der Waals surface area contributed by atoms with Crippen LogP contribution in [0.15, 0.2) is 22.8 Å². The summed E-state index contributed by atoms with van der Waals surface area (Å²) in [6.45, 7) is 0.311. The second kappa shape index (κ2) is 5.27. The van der Waals surface area contributed by atoms with E-state index in [1.807, 2.05) is 0 Å². The van der Waals surface area contributed by atoms with E-state index in [9.17, 15) is 4.79 Å². The highest BCUT2D eigenvalue weighted by molar-refractivity contribution is 5.95. The van der Waals surface area contributed by atoms with Crippen molar-refractivity contribution >= 4 is 5.78 Å². The molecule has 1 aliphatic rings. The molecule has 16 heavy (non-hydrogen) atoms. The van der Waals surface area contributed by atoms with Crippen LogP contribution in [0.1, 0.15) is 36.2 Å². The first-order valence-corrected chi connectivity index (χ1v) is 5.83. The number of nitrogens with two attached hydrogens (primary N) is 1. The van der Waals surface area contributed by atoms with Crippen LogP contribution < -0.4 is 11.1 Å². The first-order chi connectivity index (χ1) is 7.77. The minimum absolute atomic E-state index is 0.0113. The number of hydrogen-bond acceptors (Lipinski definition) is 4. The van der Waals surface area contributed by atoms with Crippen LogP contribution in [0.4, 0.5) is 0 Å². The Labute approximate surface area is 95.2 Å². The molecule has 0 radical (unpaired) electrons. The number of carbonyl (C=O) groups is 1. The zero-order chi connectivity index (χ0) is 11.4. The number of hydrogen-bond donors (Lipinski definition) is 2. The Morgan fingerprint density at radius 3 is 3.00 bits per heavy atom. The predicted molar refractivity (Wildman–Crippen MR) is 61.3 cm³/mol. The van der Waals surface area contributed by atoms with Crippen LogP contribution in [-0.4, -0.2) is 24.4 Å². The third-order valence-corrected chi connectivity index (χ3v) is 3.14. The van der Waals surface area contributed by atoms with Gasteiger partial charge in [-0.2, -0.15) is 0 Å². The molecule has 0 bridgehead atoms. The molecule has 1 fully saturated rings. The lowest BCUT2D eigenvalue weighted by Crippen LogP contribution is -2.48. The summed E-state index contributed by atoms with van der Waals surface area (Å²) in [6.07, 6.45) is 6.02. The minimum Gasteiger partial charge on any atom is -0.461 e. The number of nitrogens with one attached hydrogen (secondary N) is 1. The predicted octanol–water partition coefficient (Wildman–Crippen LogP) is 1.32. The molecule has 1 saturated carbocycles. The standard InChI is InChI=1S/C12H18N2O2/c13-9-4-1-2-5-10(9)14-8-11(15)12-6-3-7-16-12/h3,6-7,9-10,14H,1-2,4-5,8,13H2. The largest absolute Gasteiger partial charge is 0.461 e. The van der Waals surface area contributed by atoms with Crippen molar-refractivity contribution in [3.05, 3.63) is 24.2 Å². The number of carbonyl (C=O) groups excluding carboxylic acids is 1. The van der Waals surface area contributed by atoms with Gasteiger partial charge in [0.1, 0.15) is 0 Å². The first-order valence-electron chi connectivity index (χ1n) is 5.83. The molecule has 2 rings (SSSR count). The van der Waals surface area contributed by atoms with Gasteiger partial charge in [-0.15, -0.1) is 0 Å². The van der Waals surface area contributed by atoms with Gasteiger partial charge in [0, 0.05) is 12.1 Å². The van der Waals surface area contributed by atoms with Crippen molar-refractivity contribution in [2.75, 3.05) is 6.54 Å². The van der Waals surface area contributed by atoms with Crippen LogP contribution in [0.5, 0.6) is 0 Å². The summed E-state index contributed by atoms with van der Waals surface area (Å²) in [4.78, 5) is 11.7. The molecular formula is C12H18N2O2. The normalized spacial score (nSPS) is 25.6. The van der Waals surface area contributed by atoms with E-state index in [1.165, 1.54) is 19.1 Å². The Morgan fingerprint density at radius 1 is 1.50 bits per heavy atom. The van der Waals surface area contributed by atoms with Crippen LogP contribution in [-0.2, 0) is 0 Å². The monoisotopic (exact) mass is 222 g/mol. The first kappa shape index (κ1) is 11.4. The summed E-state index contributed by atoms with van der Waals surface area (Å²) in [5, 5.41) is 3.22. The van der Waals surface area contributed by atoms with E-state index in [4.69, 9.17) is 10.2 Å². The zero-order valence-electron chi connectivity index (χ0n) is 9.32. The molecule has 2 atom stereocenters. The van der Waals surface area contributed by atoms with Crippen LogP contribution in [0.25, 0.3) is 0 Å². The molecule has 0 amide bonds. The number of rotatable bonds is 4. The van der Waals surface area contributed by atoms with Crippen molar-refractivity contribution in [1.29, 1.82) is 0 Å². The maximum atomic E-state index is 11.7. The second-order valence-corrected chi connectivity index (χ2v) is 4.34. The third kappa shape index (κ3) is 2.71. The van der Waals surface area contributed by atoms with E-state index in [0.717, 1.165) is 12.8 Å². The molecule has 0 aliphatic heterocycles. The number of Topliss-reactive ketones (excluding diaryl/α,β-unsaturated/α-hetero) is 1. The minimum atomic E-state index is -0.0113. The fourth-order valence-electron chi connectivity index (χ4n) is 2.16. The van der Waals surface area contributed by atoms with Gasteiger partial charge in [-0.1, -0.05) is 12.8 Å². The topological polar surface area (TPSA) is 68.3 Å². The van der Waals surface area contributed by atoms with Crippen LogP contribution in [0.3, 0.4) is 0 Å². The van der Waals surface area contributed by atoms with Crippen LogP contribution in [0.2, 0.25) is 0 Å². The second-order valence-electron chi connectivity index (χ2n) is 4.34. The molecule has 4 heteroatoms. The fraction of sp³-hybridized carbons (Fsp3) is 0.583. The van der Waals surface area contributed by atoms with E-state index >= 15 is 0 Å². The van der Waals surface area contributed by atoms with Crippen molar-refractivity contribution in [3.8, 4) is 0 Å². The van der Waals surface area contributed by atoms with Gasteiger partial charge in [-0.05, 0) is 25.0 Å². The maximum absolute atomic E-state index is 11.7. The average Bonchev–Trinajstić information content (AvgIpc) is 2.81. The lowest BCUT2D eigenvalue weighted by molar-refractivity contribution is 0.0957. The van der Waals surface area contributed by atoms with Crippen LogP contribution >= 0.6 is 0 Å². The number of ketones is 1. The molecule has 1 aliphatic carbocycles. The SMILES string of the molecule is NC1CCCCC1NCC(=O)c1ccco1. The lowest BCUT2D eigenvalue weighted by atomic mass is 9.91. The summed E-state index contributed by atoms with van der Waals surface area (Å²) < 4.78 is 5.04. The number of furan rings is 1. The van der Waals surface area contributed by atoms with Crippen LogP contribution in [0, 0.1) is 0 Å². The summed E-state index contributed by atoms with van der Waals surface area (Å²) in [6, 6.07) is 3.86. The molecule has 1 heterocycles. The summed E-state index contributed by atoms with van der Waals surface area (Å²) in [5.74, 6) is 0.402. The molecule has 4 nitrogen and oxygen atoms in total. The van der Waals surface area contributed by atoms with E-state index < -0.39 is 0 Å². The lowest BCUT2D eigenvalue weighted by Gasteiger charge is -2.29. The molecule has 0 aromatic carbocycles.